The molecular weight excluding hydrogens is 531 g/mol. The molecule has 0 unspecified atom stereocenters. The largest absolute Gasteiger partial charge is 0.494 e. The van der Waals surface area contributed by atoms with Gasteiger partial charge in [-0.25, -0.2) is 14.4 Å². The Kier molecular flexibility index (Phi) is 8.04. The molecule has 3 N–H and O–H groups in total. The third-order valence-corrected chi connectivity index (χ3v) is 6.80. The summed E-state index contributed by atoms with van der Waals surface area (Å²) in [5.41, 5.74) is -0.145. The molecule has 1 saturated heterocycles. The molecule has 0 amide bonds. The summed E-state index contributed by atoms with van der Waals surface area (Å²) in [5, 5.41) is 28.2. The zero-order valence-corrected chi connectivity index (χ0v) is 23.0. The van der Waals surface area contributed by atoms with Crippen LogP contribution in [0.15, 0.2) is 30.6 Å². The van der Waals surface area contributed by atoms with Crippen LogP contribution in [0.1, 0.15) is 25.8 Å². The highest BCUT2D eigenvalue weighted by Crippen LogP contribution is 2.41. The van der Waals surface area contributed by atoms with Gasteiger partial charge in [-0.15, -0.1) is 0 Å². The lowest BCUT2D eigenvalue weighted by Crippen LogP contribution is -2.31. The minimum Gasteiger partial charge on any atom is -0.494 e. The molecule has 2 aromatic carbocycles. The predicted molar refractivity (Wildman–Crippen MR) is 147 cm³/mol. The highest BCUT2D eigenvalue weighted by molar-refractivity contribution is 6.30. The molecule has 39 heavy (non-hydrogen) atoms. The average molecular weight is 561 g/mol. The number of aromatic nitrogens is 3. The smallest absolute Gasteiger partial charge is 0.294 e. The monoisotopic (exact) mass is 560 g/mol. The van der Waals surface area contributed by atoms with Crippen molar-refractivity contribution in [3.8, 4) is 5.75 Å². The van der Waals surface area contributed by atoms with Crippen molar-refractivity contribution in [1.82, 2.24) is 19.9 Å². The number of methoxy groups -OCH3 is 1. The molecule has 1 aliphatic heterocycles. The fourth-order valence-corrected chi connectivity index (χ4v) is 4.58. The van der Waals surface area contributed by atoms with Crippen molar-refractivity contribution < 1.29 is 19.2 Å². The van der Waals surface area contributed by atoms with Gasteiger partial charge in [0.2, 0.25) is 11.9 Å². The molecule has 14 heteroatoms. The van der Waals surface area contributed by atoms with Gasteiger partial charge in [0.05, 0.1) is 28.3 Å². The van der Waals surface area contributed by atoms with Crippen LogP contribution in [0.4, 0.5) is 39.0 Å². The molecule has 1 atom stereocenters. The second-order valence-electron chi connectivity index (χ2n) is 9.90. The van der Waals surface area contributed by atoms with Crippen LogP contribution < -0.4 is 20.3 Å². The summed E-state index contributed by atoms with van der Waals surface area (Å²) in [7, 11) is 5.45. The fourth-order valence-electron chi connectivity index (χ4n) is 4.42. The maximum absolute atomic E-state index is 14.2. The van der Waals surface area contributed by atoms with Crippen molar-refractivity contribution in [2.75, 3.05) is 49.8 Å². The van der Waals surface area contributed by atoms with Gasteiger partial charge in [-0.05, 0) is 46.5 Å². The lowest BCUT2D eigenvalue weighted by atomic mass is 9.96. The summed E-state index contributed by atoms with van der Waals surface area (Å²) >= 11 is 5.92. The summed E-state index contributed by atoms with van der Waals surface area (Å²) < 4.78 is 19.8. The first-order valence-electron chi connectivity index (χ1n) is 12.1. The van der Waals surface area contributed by atoms with Crippen LogP contribution in [0.25, 0.3) is 0 Å². The van der Waals surface area contributed by atoms with Crippen LogP contribution in [0.5, 0.6) is 5.75 Å². The molecule has 2 heterocycles. The van der Waals surface area contributed by atoms with Gasteiger partial charge in [0.1, 0.15) is 23.6 Å². The van der Waals surface area contributed by atoms with E-state index in [-0.39, 0.29) is 40.0 Å². The van der Waals surface area contributed by atoms with E-state index >= 15 is 0 Å². The highest BCUT2D eigenvalue weighted by Gasteiger charge is 2.30. The minimum atomic E-state index is -1.34. The molecule has 0 radical (unpaired) electrons. The Labute approximate surface area is 229 Å². The van der Waals surface area contributed by atoms with Gasteiger partial charge >= 0.3 is 0 Å². The normalized spacial score (nSPS) is 15.5. The first-order valence-corrected chi connectivity index (χ1v) is 12.5. The van der Waals surface area contributed by atoms with Gasteiger partial charge in [0.15, 0.2) is 0 Å². The van der Waals surface area contributed by atoms with Crippen molar-refractivity contribution >= 4 is 46.2 Å². The number of likely N-dealkylation sites (N-methyl/N-ethyl adjacent to an activating group) is 1. The molecule has 0 bridgehead atoms. The van der Waals surface area contributed by atoms with Crippen LogP contribution in [0.3, 0.4) is 0 Å². The van der Waals surface area contributed by atoms with E-state index in [0.29, 0.717) is 30.1 Å². The Hall–Kier alpha value is -3.81. The van der Waals surface area contributed by atoms with Gasteiger partial charge in [-0.1, -0.05) is 11.6 Å². The van der Waals surface area contributed by atoms with Crippen molar-refractivity contribution in [2.24, 2.45) is 0 Å². The van der Waals surface area contributed by atoms with Crippen molar-refractivity contribution in [1.29, 1.82) is 0 Å². The Morgan fingerprint density at radius 2 is 1.87 bits per heavy atom. The van der Waals surface area contributed by atoms with Gasteiger partial charge in [-0.2, -0.15) is 4.98 Å². The van der Waals surface area contributed by atoms with Gasteiger partial charge in [0.25, 0.3) is 5.69 Å². The topological polar surface area (TPSA) is 142 Å². The van der Waals surface area contributed by atoms with E-state index in [0.717, 1.165) is 12.5 Å². The summed E-state index contributed by atoms with van der Waals surface area (Å²) in [6, 6.07) is 5.76. The molecule has 0 spiro atoms. The molecule has 3 aromatic rings. The lowest BCUT2D eigenvalue weighted by Gasteiger charge is -2.23. The molecule has 12 nitrogen and oxygen atoms in total. The summed E-state index contributed by atoms with van der Waals surface area (Å²) in [4.78, 5) is 28.1. The Balaban J connectivity index is 1.64. The van der Waals surface area contributed by atoms with Crippen LogP contribution in [-0.2, 0) is 5.60 Å². The molecule has 0 aliphatic carbocycles. The number of nitrogens with one attached hydrogen (secondary N) is 2. The third-order valence-electron chi connectivity index (χ3n) is 6.51. The first kappa shape index (κ1) is 28.2. The SMILES string of the molecule is COc1cc(N2CC[C@@H](N(C)C)C2)c([N+](=O)[O-])cc1Nc1ncnc(Nc2cc(F)c(Cl)cc2C(C)(C)O)n1. The van der Waals surface area contributed by atoms with Crippen LogP contribution in [-0.4, -0.2) is 70.2 Å². The number of hydrogen-bond donors (Lipinski definition) is 3. The van der Waals surface area contributed by atoms with Crippen LogP contribution >= 0.6 is 11.6 Å². The number of nitro benzene ring substituents is 1. The number of benzene rings is 2. The number of nitro groups is 1. The Morgan fingerprint density at radius 1 is 1.21 bits per heavy atom. The van der Waals surface area contributed by atoms with Crippen molar-refractivity contribution in [3.63, 3.8) is 0 Å². The van der Waals surface area contributed by atoms with Crippen LogP contribution in [0, 0.1) is 15.9 Å². The molecule has 0 saturated carbocycles. The Morgan fingerprint density at radius 3 is 2.44 bits per heavy atom. The highest BCUT2D eigenvalue weighted by atomic mass is 35.5. The van der Waals surface area contributed by atoms with E-state index in [1.54, 1.807) is 6.07 Å². The second kappa shape index (κ2) is 11.1. The predicted octanol–water partition coefficient (Wildman–Crippen LogP) is 4.44. The lowest BCUT2D eigenvalue weighted by molar-refractivity contribution is -0.384. The third kappa shape index (κ3) is 6.27. The van der Waals surface area contributed by atoms with Crippen molar-refractivity contribution in [3.05, 3.63) is 57.1 Å². The maximum atomic E-state index is 14.2. The van der Waals surface area contributed by atoms with Crippen molar-refractivity contribution in [2.45, 2.75) is 31.9 Å². The standard InChI is InChI=1S/C25H30ClFN8O4/c1-25(2,36)15-8-16(26)17(27)9-18(15)30-23-28-13-29-24(32-23)31-19-10-21(35(37)38)20(11-22(19)39-5)34-7-6-14(12-34)33(3)4/h8-11,13-14,36H,6-7,12H2,1-5H3,(H2,28,29,30,31,32)/t14-/m1/s1. The number of aliphatic hydroxyl groups is 1. The molecular formula is C25H30ClFN8O4. The molecule has 1 aromatic heterocycles. The molecule has 1 fully saturated rings. The van der Waals surface area contributed by atoms with Gasteiger partial charge in [-0.3, -0.25) is 10.1 Å². The molecule has 1 aliphatic rings. The van der Waals surface area contributed by atoms with Gasteiger partial charge < -0.3 is 30.3 Å². The maximum Gasteiger partial charge on any atom is 0.294 e. The number of halogens is 2. The fraction of sp³-hybridized carbons (Fsp3) is 0.400. The average Bonchev–Trinajstić information content (AvgIpc) is 3.36. The minimum absolute atomic E-state index is 0.0385. The Bertz CT molecular complexity index is 1380. The van der Waals surface area contributed by atoms with E-state index in [1.165, 1.54) is 39.4 Å². The zero-order chi connectivity index (χ0) is 28.5. The second-order valence-corrected chi connectivity index (χ2v) is 10.3. The van der Waals surface area contributed by atoms with E-state index in [9.17, 15) is 19.6 Å². The zero-order valence-electron chi connectivity index (χ0n) is 22.2. The van der Waals surface area contributed by atoms with E-state index in [1.807, 2.05) is 19.0 Å². The number of ether oxygens (including phenoxy) is 1. The first-order chi connectivity index (χ1) is 18.4. The van der Waals surface area contributed by atoms with E-state index < -0.39 is 16.3 Å². The van der Waals surface area contributed by atoms with Crippen LogP contribution in [0.2, 0.25) is 5.02 Å². The number of hydrogen-bond acceptors (Lipinski definition) is 11. The van der Waals surface area contributed by atoms with Gasteiger partial charge in [0, 0.05) is 42.5 Å². The number of rotatable bonds is 9. The number of nitrogens with zero attached hydrogens (tertiary/aromatic N) is 6. The quantitative estimate of drug-likeness (QED) is 0.252. The molecule has 208 valence electrons. The molecule has 4 rings (SSSR count). The number of anilines is 5. The van der Waals surface area contributed by atoms with E-state index in [2.05, 4.69) is 30.5 Å². The summed E-state index contributed by atoms with van der Waals surface area (Å²) in [6.45, 7) is 4.41. The summed E-state index contributed by atoms with van der Waals surface area (Å²) in [5.74, 6) is -0.230. The van der Waals surface area contributed by atoms with E-state index in [4.69, 9.17) is 16.3 Å². The summed E-state index contributed by atoms with van der Waals surface area (Å²) in [6.07, 6.45) is 2.11.